The normalized spacial score (nSPS) is 11.5. The van der Waals surface area contributed by atoms with E-state index in [0.29, 0.717) is 17.5 Å². The molecule has 0 fully saturated rings. The Morgan fingerprint density at radius 1 is 0.281 bits per heavy atom. The molecule has 0 N–H and O–H groups in total. The van der Waals surface area contributed by atoms with E-state index in [9.17, 15) is 0 Å². The average Bonchev–Trinajstić information content (AvgIpc) is 3.69. The summed E-state index contributed by atoms with van der Waals surface area (Å²) in [5.74, 6) is 1.91. The topological polar surface area (TPSA) is 38.7 Å². The quantitative estimate of drug-likeness (QED) is 0.159. The number of hydrogen-bond acceptors (Lipinski definition) is 4. The van der Waals surface area contributed by atoms with Gasteiger partial charge >= 0.3 is 0 Å². The molecule has 0 aliphatic rings. The predicted octanol–water partition coefficient (Wildman–Crippen LogP) is 14.5. The Labute approximate surface area is 334 Å². The molecule has 0 aliphatic heterocycles. The lowest BCUT2D eigenvalue weighted by atomic mass is 9.96. The van der Waals surface area contributed by atoms with E-state index in [-0.39, 0.29) is 0 Å². The minimum absolute atomic E-state index is 0.632. The van der Waals surface area contributed by atoms with Crippen molar-refractivity contribution in [3.05, 3.63) is 200 Å². The van der Waals surface area contributed by atoms with Crippen molar-refractivity contribution in [2.75, 3.05) is 0 Å². The highest BCUT2D eigenvalue weighted by Crippen LogP contribution is 2.44. The smallest absolute Gasteiger partial charge is 0.164 e. The standard InChI is InChI=1S/C53H33N3S/c1-4-13-34(14-5-1)41-31-42(35-15-6-2-7-16-35)33-43(32-41)53-55-51(39-18-8-3-9-19-39)54-52(56-53)40-27-24-37(25-28-40)45-21-12-22-46-47-30-29-38-26-23-36-17-10-11-20-44(36)48(38)50(47)57-49(45)46/h1-33H. The van der Waals surface area contributed by atoms with Crippen LogP contribution >= 0.6 is 11.3 Å². The first-order chi connectivity index (χ1) is 28.2. The Balaban J connectivity index is 1.04. The predicted molar refractivity (Wildman–Crippen MR) is 240 cm³/mol. The molecule has 2 heterocycles. The van der Waals surface area contributed by atoms with Gasteiger partial charge in [-0.15, -0.1) is 11.3 Å². The number of nitrogens with zero attached hydrogens (tertiary/aromatic N) is 3. The zero-order valence-corrected chi connectivity index (χ0v) is 31.6. The molecule has 0 saturated carbocycles. The average molecular weight is 744 g/mol. The van der Waals surface area contributed by atoms with Crippen molar-refractivity contribution in [3.63, 3.8) is 0 Å². The molecule has 0 saturated heterocycles. The fourth-order valence-electron chi connectivity index (χ4n) is 8.07. The van der Waals surface area contributed by atoms with Gasteiger partial charge in [0, 0.05) is 42.2 Å². The Kier molecular flexibility index (Phi) is 8.01. The third-order valence-electron chi connectivity index (χ3n) is 10.9. The minimum Gasteiger partial charge on any atom is -0.208 e. The molecule has 0 bridgehead atoms. The van der Waals surface area contributed by atoms with Gasteiger partial charge in [-0.05, 0) is 67.7 Å². The second-order valence-corrected chi connectivity index (χ2v) is 15.4. The molecule has 11 rings (SSSR count). The van der Waals surface area contributed by atoms with Crippen molar-refractivity contribution >= 4 is 53.1 Å². The summed E-state index contributed by atoms with van der Waals surface area (Å²) in [7, 11) is 0. The number of fused-ring (bicyclic) bond motifs is 7. The lowest BCUT2D eigenvalue weighted by molar-refractivity contribution is 1.07. The molecule has 0 unspecified atom stereocenters. The largest absolute Gasteiger partial charge is 0.208 e. The van der Waals surface area contributed by atoms with Crippen LogP contribution in [0.5, 0.6) is 0 Å². The first kappa shape index (κ1) is 33.1. The summed E-state index contributed by atoms with van der Waals surface area (Å²) < 4.78 is 2.63. The monoisotopic (exact) mass is 743 g/mol. The molecule has 0 spiro atoms. The summed E-state index contributed by atoms with van der Waals surface area (Å²) in [5, 5.41) is 7.76. The van der Waals surface area contributed by atoms with E-state index in [0.717, 1.165) is 44.5 Å². The number of aromatic nitrogens is 3. The Bertz CT molecular complexity index is 3210. The lowest BCUT2D eigenvalue weighted by Gasteiger charge is -2.12. The highest BCUT2D eigenvalue weighted by atomic mass is 32.1. The van der Waals surface area contributed by atoms with Gasteiger partial charge < -0.3 is 0 Å². The number of benzene rings is 9. The Hall–Kier alpha value is -7.27. The third kappa shape index (κ3) is 5.95. The van der Waals surface area contributed by atoms with Gasteiger partial charge in [-0.2, -0.15) is 0 Å². The van der Waals surface area contributed by atoms with Crippen molar-refractivity contribution in [1.29, 1.82) is 0 Å². The van der Waals surface area contributed by atoms with Gasteiger partial charge in [0.25, 0.3) is 0 Å². The number of hydrogen-bond donors (Lipinski definition) is 0. The van der Waals surface area contributed by atoms with Gasteiger partial charge in [0.15, 0.2) is 17.5 Å². The molecule has 0 radical (unpaired) electrons. The molecular weight excluding hydrogens is 711 g/mol. The van der Waals surface area contributed by atoms with E-state index in [2.05, 4.69) is 170 Å². The molecule has 0 atom stereocenters. The zero-order chi connectivity index (χ0) is 37.7. The SMILES string of the molecule is c1ccc(-c2cc(-c3ccccc3)cc(-c3nc(-c4ccccc4)nc(-c4ccc(-c5cccc6c5sc5c6ccc6ccc7ccccc7c65)cc4)n3)c2)cc1. The summed E-state index contributed by atoms with van der Waals surface area (Å²) in [4.78, 5) is 15.4. The first-order valence-corrected chi connectivity index (χ1v) is 20.0. The van der Waals surface area contributed by atoms with Crippen molar-refractivity contribution in [2.24, 2.45) is 0 Å². The van der Waals surface area contributed by atoms with Crippen molar-refractivity contribution < 1.29 is 0 Å². The zero-order valence-electron chi connectivity index (χ0n) is 30.8. The van der Waals surface area contributed by atoms with Crippen LogP contribution in [0, 0.1) is 0 Å². The van der Waals surface area contributed by atoms with Crippen LogP contribution in [-0.4, -0.2) is 15.0 Å². The molecular formula is C53H33N3S. The van der Waals surface area contributed by atoms with Gasteiger partial charge in [0.2, 0.25) is 0 Å². The van der Waals surface area contributed by atoms with Crippen LogP contribution in [0.4, 0.5) is 0 Å². The molecule has 0 aliphatic carbocycles. The van der Waals surface area contributed by atoms with E-state index in [1.165, 1.54) is 47.3 Å². The summed E-state index contributed by atoms with van der Waals surface area (Å²) in [6.45, 7) is 0. The van der Waals surface area contributed by atoms with E-state index in [1.807, 2.05) is 41.7 Å². The van der Waals surface area contributed by atoms with Crippen LogP contribution in [0.3, 0.4) is 0 Å². The molecule has 57 heavy (non-hydrogen) atoms. The molecule has 4 heteroatoms. The van der Waals surface area contributed by atoms with Crippen molar-refractivity contribution in [2.45, 2.75) is 0 Å². The molecule has 9 aromatic carbocycles. The summed E-state index contributed by atoms with van der Waals surface area (Å²) in [6, 6.07) is 70.9. The van der Waals surface area contributed by atoms with Crippen LogP contribution in [0.1, 0.15) is 0 Å². The van der Waals surface area contributed by atoms with Crippen molar-refractivity contribution in [3.8, 4) is 67.5 Å². The fourth-order valence-corrected chi connectivity index (χ4v) is 9.48. The molecule has 3 nitrogen and oxygen atoms in total. The molecule has 2 aromatic heterocycles. The van der Waals surface area contributed by atoms with Crippen LogP contribution in [0.25, 0.3) is 109 Å². The van der Waals surface area contributed by atoms with E-state index >= 15 is 0 Å². The van der Waals surface area contributed by atoms with Gasteiger partial charge in [0.05, 0.1) is 0 Å². The van der Waals surface area contributed by atoms with Gasteiger partial charge in [-0.25, -0.2) is 15.0 Å². The van der Waals surface area contributed by atoms with E-state index in [4.69, 9.17) is 15.0 Å². The van der Waals surface area contributed by atoms with Crippen molar-refractivity contribution in [1.82, 2.24) is 15.0 Å². The number of rotatable bonds is 6. The second kappa shape index (κ2) is 13.8. The molecule has 11 aromatic rings. The second-order valence-electron chi connectivity index (χ2n) is 14.4. The highest BCUT2D eigenvalue weighted by molar-refractivity contribution is 7.27. The van der Waals surface area contributed by atoms with E-state index < -0.39 is 0 Å². The minimum atomic E-state index is 0.632. The summed E-state index contributed by atoms with van der Waals surface area (Å²) >= 11 is 1.89. The summed E-state index contributed by atoms with van der Waals surface area (Å²) in [5.41, 5.74) is 9.68. The van der Waals surface area contributed by atoms with Gasteiger partial charge in [0.1, 0.15) is 0 Å². The Morgan fingerprint density at radius 3 is 1.42 bits per heavy atom. The maximum absolute atomic E-state index is 5.18. The Morgan fingerprint density at radius 2 is 0.754 bits per heavy atom. The molecule has 266 valence electrons. The lowest BCUT2D eigenvalue weighted by Crippen LogP contribution is -2.00. The maximum atomic E-state index is 5.18. The van der Waals surface area contributed by atoms with Gasteiger partial charge in [-0.3, -0.25) is 0 Å². The third-order valence-corrected chi connectivity index (χ3v) is 12.2. The van der Waals surface area contributed by atoms with Crippen LogP contribution in [0.2, 0.25) is 0 Å². The van der Waals surface area contributed by atoms with Crippen LogP contribution < -0.4 is 0 Å². The highest BCUT2D eigenvalue weighted by Gasteiger charge is 2.17. The summed E-state index contributed by atoms with van der Waals surface area (Å²) in [6.07, 6.45) is 0. The number of thiophene rings is 1. The van der Waals surface area contributed by atoms with E-state index in [1.54, 1.807) is 0 Å². The van der Waals surface area contributed by atoms with Crippen LogP contribution in [0.15, 0.2) is 200 Å². The first-order valence-electron chi connectivity index (χ1n) is 19.2. The van der Waals surface area contributed by atoms with Gasteiger partial charge in [-0.1, -0.05) is 182 Å². The fraction of sp³-hybridized carbons (Fsp3) is 0. The maximum Gasteiger partial charge on any atom is 0.164 e. The van der Waals surface area contributed by atoms with Crippen LogP contribution in [-0.2, 0) is 0 Å². The molecule has 0 amide bonds.